The molecular weight excluding hydrogens is 307 g/mol. The van der Waals surface area contributed by atoms with E-state index in [0.29, 0.717) is 12.4 Å². The van der Waals surface area contributed by atoms with Gasteiger partial charge >= 0.3 is 0 Å². The fourth-order valence-corrected chi connectivity index (χ4v) is 2.81. The molecule has 0 spiro atoms. The van der Waals surface area contributed by atoms with E-state index in [9.17, 15) is 12.8 Å². The number of aromatic nitrogens is 3. The first-order valence-corrected chi connectivity index (χ1v) is 7.61. The number of sulfonamides is 1. The molecule has 9 heteroatoms. The second-order valence-corrected chi connectivity index (χ2v) is 6.10. The van der Waals surface area contributed by atoms with Crippen LogP contribution in [0.3, 0.4) is 0 Å². The van der Waals surface area contributed by atoms with Crippen LogP contribution in [0.15, 0.2) is 29.4 Å². The Kier molecular flexibility index (Phi) is 4.36. The Morgan fingerprint density at radius 1 is 1.45 bits per heavy atom. The van der Waals surface area contributed by atoms with Gasteiger partial charge < -0.3 is 4.57 Å². The van der Waals surface area contributed by atoms with Crippen LogP contribution in [0.2, 0.25) is 5.02 Å². The van der Waals surface area contributed by atoms with Crippen molar-refractivity contribution in [2.24, 2.45) is 0 Å². The molecule has 6 nitrogen and oxygen atoms in total. The first-order valence-electron chi connectivity index (χ1n) is 5.75. The molecule has 0 aliphatic rings. The number of aryl methyl sites for hydroxylation is 1. The van der Waals surface area contributed by atoms with Crippen LogP contribution in [0.5, 0.6) is 0 Å². The van der Waals surface area contributed by atoms with Crippen molar-refractivity contribution in [1.29, 1.82) is 0 Å². The topological polar surface area (TPSA) is 76.9 Å². The van der Waals surface area contributed by atoms with E-state index in [1.807, 2.05) is 6.92 Å². The van der Waals surface area contributed by atoms with Crippen LogP contribution < -0.4 is 4.72 Å². The second-order valence-electron chi connectivity index (χ2n) is 3.93. The normalized spacial score (nSPS) is 11.8. The first kappa shape index (κ1) is 14.9. The summed E-state index contributed by atoms with van der Waals surface area (Å²) in [5.41, 5.74) is 0. The molecule has 1 aromatic carbocycles. The highest BCUT2D eigenvalue weighted by Gasteiger charge is 2.19. The molecule has 20 heavy (non-hydrogen) atoms. The summed E-state index contributed by atoms with van der Waals surface area (Å²) in [7, 11) is -3.97. The summed E-state index contributed by atoms with van der Waals surface area (Å²) in [6, 6.07) is 3.38. The van der Waals surface area contributed by atoms with Crippen molar-refractivity contribution in [1.82, 2.24) is 19.5 Å². The molecule has 1 aromatic heterocycles. The highest BCUT2D eigenvalue weighted by Crippen LogP contribution is 2.18. The molecule has 108 valence electrons. The maximum atomic E-state index is 13.6. The second kappa shape index (κ2) is 5.86. The highest BCUT2D eigenvalue weighted by molar-refractivity contribution is 7.89. The monoisotopic (exact) mass is 318 g/mol. The van der Waals surface area contributed by atoms with Crippen molar-refractivity contribution in [2.45, 2.75) is 24.9 Å². The minimum atomic E-state index is -3.97. The molecule has 1 N–H and O–H groups in total. The van der Waals surface area contributed by atoms with E-state index in [4.69, 9.17) is 11.6 Å². The molecule has 0 atom stereocenters. The van der Waals surface area contributed by atoms with Gasteiger partial charge in [-0.15, -0.1) is 10.2 Å². The van der Waals surface area contributed by atoms with Gasteiger partial charge in [0.1, 0.15) is 22.9 Å². The number of hydrogen-bond donors (Lipinski definition) is 1. The van der Waals surface area contributed by atoms with Crippen molar-refractivity contribution in [2.75, 3.05) is 0 Å². The van der Waals surface area contributed by atoms with Crippen LogP contribution in [0, 0.1) is 5.82 Å². The van der Waals surface area contributed by atoms with E-state index < -0.39 is 20.7 Å². The summed E-state index contributed by atoms with van der Waals surface area (Å²) >= 11 is 5.59. The zero-order valence-corrected chi connectivity index (χ0v) is 12.1. The molecule has 2 aromatic rings. The summed E-state index contributed by atoms with van der Waals surface area (Å²) in [5.74, 6) is -0.451. The molecule has 2 rings (SSSR count). The molecule has 0 bridgehead atoms. The van der Waals surface area contributed by atoms with Crippen LogP contribution in [0.4, 0.5) is 4.39 Å². The van der Waals surface area contributed by atoms with E-state index in [0.717, 1.165) is 12.1 Å². The van der Waals surface area contributed by atoms with E-state index in [2.05, 4.69) is 14.9 Å². The number of hydrogen-bond acceptors (Lipinski definition) is 4. The van der Waals surface area contributed by atoms with Crippen LogP contribution in [-0.4, -0.2) is 23.2 Å². The molecule has 0 fully saturated rings. The molecule has 0 saturated heterocycles. The molecule has 0 amide bonds. The molecular formula is C11H12ClFN4O2S. The van der Waals surface area contributed by atoms with Gasteiger partial charge in [0.2, 0.25) is 10.0 Å². The Balaban J connectivity index is 2.19. The third-order valence-corrected chi connectivity index (χ3v) is 4.31. The van der Waals surface area contributed by atoms with Crippen molar-refractivity contribution >= 4 is 21.6 Å². The quantitative estimate of drug-likeness (QED) is 0.907. The van der Waals surface area contributed by atoms with Gasteiger partial charge in [0.25, 0.3) is 0 Å². The Morgan fingerprint density at radius 3 is 2.85 bits per heavy atom. The van der Waals surface area contributed by atoms with E-state index >= 15 is 0 Å². The summed E-state index contributed by atoms with van der Waals surface area (Å²) in [6.07, 6.45) is 1.49. The summed E-state index contributed by atoms with van der Waals surface area (Å²) in [6.45, 7) is 2.41. The van der Waals surface area contributed by atoms with Gasteiger partial charge in [0.05, 0.1) is 6.54 Å². The zero-order valence-electron chi connectivity index (χ0n) is 10.5. The van der Waals surface area contributed by atoms with Gasteiger partial charge in [0.15, 0.2) is 0 Å². The highest BCUT2D eigenvalue weighted by atomic mass is 35.5. The number of halogens is 2. The van der Waals surface area contributed by atoms with Gasteiger partial charge in [0, 0.05) is 11.6 Å². The van der Waals surface area contributed by atoms with Crippen molar-refractivity contribution in [3.63, 3.8) is 0 Å². The fraction of sp³-hybridized carbons (Fsp3) is 0.273. The third kappa shape index (κ3) is 3.14. The smallest absolute Gasteiger partial charge is 0.243 e. The van der Waals surface area contributed by atoms with E-state index in [1.165, 1.54) is 12.4 Å². The standard InChI is InChI=1S/C11H12ClFN4O2S/c1-2-17-7-14-16-11(17)6-15-20(18,19)10-4-3-8(12)5-9(10)13/h3-5,7,15H,2,6H2,1H3. The minimum Gasteiger partial charge on any atom is -0.317 e. The summed E-state index contributed by atoms with van der Waals surface area (Å²) < 4.78 is 41.6. The molecule has 0 saturated carbocycles. The van der Waals surface area contributed by atoms with Crippen LogP contribution >= 0.6 is 11.6 Å². The van der Waals surface area contributed by atoms with Gasteiger partial charge in [-0.05, 0) is 25.1 Å². The predicted molar refractivity (Wildman–Crippen MR) is 71.1 cm³/mol. The largest absolute Gasteiger partial charge is 0.317 e. The lowest BCUT2D eigenvalue weighted by Gasteiger charge is -2.08. The minimum absolute atomic E-state index is 0.0712. The Hall–Kier alpha value is -1.51. The maximum absolute atomic E-state index is 13.6. The lowest BCUT2D eigenvalue weighted by Crippen LogP contribution is -2.25. The van der Waals surface area contributed by atoms with Crippen LogP contribution in [0.1, 0.15) is 12.7 Å². The van der Waals surface area contributed by atoms with E-state index in [-0.39, 0.29) is 11.6 Å². The third-order valence-electron chi connectivity index (χ3n) is 2.64. The Bertz CT molecular complexity index is 717. The molecule has 0 aliphatic carbocycles. The summed E-state index contributed by atoms with van der Waals surface area (Å²) in [5, 5.41) is 7.61. The predicted octanol–water partition coefficient (Wildman–Crippen LogP) is 1.57. The fourth-order valence-electron chi connectivity index (χ4n) is 1.61. The average molecular weight is 319 g/mol. The van der Waals surface area contributed by atoms with Gasteiger partial charge in [-0.1, -0.05) is 11.6 Å². The average Bonchev–Trinajstić information content (AvgIpc) is 2.83. The van der Waals surface area contributed by atoms with Gasteiger partial charge in [-0.3, -0.25) is 0 Å². The summed E-state index contributed by atoms with van der Waals surface area (Å²) in [4.78, 5) is -0.454. The van der Waals surface area contributed by atoms with Crippen LogP contribution in [0.25, 0.3) is 0 Å². The van der Waals surface area contributed by atoms with Crippen LogP contribution in [-0.2, 0) is 23.1 Å². The Labute approximate surface area is 120 Å². The molecule has 1 heterocycles. The lowest BCUT2D eigenvalue weighted by molar-refractivity contribution is 0.553. The van der Waals surface area contributed by atoms with Crippen molar-refractivity contribution < 1.29 is 12.8 Å². The zero-order chi connectivity index (χ0) is 14.8. The molecule has 0 radical (unpaired) electrons. The van der Waals surface area contributed by atoms with Crippen molar-refractivity contribution in [3.8, 4) is 0 Å². The van der Waals surface area contributed by atoms with E-state index in [1.54, 1.807) is 4.57 Å². The number of nitrogens with one attached hydrogen (secondary N) is 1. The molecule has 0 aliphatic heterocycles. The number of nitrogens with zero attached hydrogens (tertiary/aromatic N) is 3. The van der Waals surface area contributed by atoms with Crippen molar-refractivity contribution in [3.05, 3.63) is 41.2 Å². The molecule has 0 unspecified atom stereocenters. The Morgan fingerprint density at radius 2 is 2.20 bits per heavy atom. The van der Waals surface area contributed by atoms with Gasteiger partial charge in [-0.25, -0.2) is 17.5 Å². The number of rotatable bonds is 5. The maximum Gasteiger partial charge on any atom is 0.243 e. The van der Waals surface area contributed by atoms with Gasteiger partial charge in [-0.2, -0.15) is 0 Å². The SMILES string of the molecule is CCn1cnnc1CNS(=O)(=O)c1ccc(Cl)cc1F. The first-order chi connectivity index (χ1) is 9.44. The number of benzene rings is 1. The lowest BCUT2D eigenvalue weighted by atomic mass is 10.3.